The maximum Gasteiger partial charge on any atom is 0.213 e. The number of nitrogens with one attached hydrogen (secondary N) is 1. The first-order valence-corrected chi connectivity index (χ1v) is 10.8. The molecule has 2 aliphatic rings. The molecule has 0 aliphatic carbocycles. The number of piperidine rings is 1. The van der Waals surface area contributed by atoms with Crippen molar-refractivity contribution >= 4 is 5.82 Å². The smallest absolute Gasteiger partial charge is 0.213 e. The standard InChI is InChI=1S/C23H24F2N6O2/c1-31(18-8-13-4-6-17(28-13)22(18)25)20-11-27-23(30-29-20)14-5-3-12(7-19(14)32)15-9-21(33-2)26-10-16(15)24/h3,5,7,9-11,13,17-18,22,28,32H,4,6,8H2,1-2H3/t13-,17+,18-,22+/m0/s1. The molecule has 2 N–H and O–H groups in total. The van der Waals surface area contributed by atoms with Crippen LogP contribution in [0, 0.1) is 5.82 Å². The quantitative estimate of drug-likeness (QED) is 0.607. The number of nitrogens with zero attached hydrogens (tertiary/aromatic N) is 5. The SMILES string of the molecule is COc1cc(-c2ccc(-c3ncc(N(C)[C@H]4C[C@@H]5CC[C@@H](N5)[C@H]4F)nn3)c(O)c2)c(F)cn1. The summed E-state index contributed by atoms with van der Waals surface area (Å²) in [6.45, 7) is 0. The van der Waals surface area contributed by atoms with Gasteiger partial charge in [-0.1, -0.05) is 6.07 Å². The Balaban J connectivity index is 1.37. The molecule has 2 saturated heterocycles. The molecule has 4 atom stereocenters. The summed E-state index contributed by atoms with van der Waals surface area (Å²) >= 11 is 0. The topological polar surface area (TPSA) is 96.3 Å². The zero-order valence-electron chi connectivity index (χ0n) is 18.2. The van der Waals surface area contributed by atoms with E-state index >= 15 is 0 Å². The molecular weight excluding hydrogens is 430 g/mol. The Bertz CT molecular complexity index is 1160. The van der Waals surface area contributed by atoms with Crippen LogP contribution < -0.4 is 15.0 Å². The van der Waals surface area contributed by atoms with Gasteiger partial charge in [0.05, 0.1) is 31.1 Å². The summed E-state index contributed by atoms with van der Waals surface area (Å²) in [6, 6.07) is 6.05. The highest BCUT2D eigenvalue weighted by Gasteiger charge is 2.43. The Morgan fingerprint density at radius 1 is 1.12 bits per heavy atom. The number of benzene rings is 1. The van der Waals surface area contributed by atoms with Crippen molar-refractivity contribution in [2.24, 2.45) is 0 Å². The second-order valence-electron chi connectivity index (χ2n) is 8.48. The van der Waals surface area contributed by atoms with Gasteiger partial charge in [-0.25, -0.2) is 18.7 Å². The van der Waals surface area contributed by atoms with Gasteiger partial charge in [0.25, 0.3) is 0 Å². The monoisotopic (exact) mass is 454 g/mol. The van der Waals surface area contributed by atoms with Crippen molar-refractivity contribution < 1.29 is 18.6 Å². The molecular formula is C23H24F2N6O2. The van der Waals surface area contributed by atoms with Crippen LogP contribution in [0.4, 0.5) is 14.6 Å². The second kappa shape index (κ2) is 8.51. The average molecular weight is 454 g/mol. The van der Waals surface area contributed by atoms with E-state index < -0.39 is 12.0 Å². The first kappa shape index (κ1) is 21.4. The lowest BCUT2D eigenvalue weighted by atomic mass is 9.96. The minimum Gasteiger partial charge on any atom is -0.507 e. The number of rotatable bonds is 5. The van der Waals surface area contributed by atoms with Crippen molar-refractivity contribution in [3.05, 3.63) is 42.5 Å². The van der Waals surface area contributed by atoms with Gasteiger partial charge in [-0.05, 0) is 37.0 Å². The fourth-order valence-electron chi connectivity index (χ4n) is 4.71. The van der Waals surface area contributed by atoms with Crippen LogP contribution in [-0.4, -0.2) is 63.7 Å². The number of fused-ring (bicyclic) bond motifs is 2. The molecule has 3 aromatic rings. The van der Waals surface area contributed by atoms with Crippen LogP contribution in [0.15, 0.2) is 36.7 Å². The van der Waals surface area contributed by atoms with Gasteiger partial charge in [0.2, 0.25) is 5.88 Å². The molecule has 33 heavy (non-hydrogen) atoms. The van der Waals surface area contributed by atoms with Crippen LogP contribution in [0.1, 0.15) is 19.3 Å². The van der Waals surface area contributed by atoms with Crippen LogP contribution >= 0.6 is 0 Å². The molecule has 2 aliphatic heterocycles. The molecule has 0 amide bonds. The number of hydrogen-bond donors (Lipinski definition) is 2. The first-order chi connectivity index (χ1) is 15.9. The van der Waals surface area contributed by atoms with Crippen molar-refractivity contribution in [2.75, 3.05) is 19.1 Å². The lowest BCUT2D eigenvalue weighted by molar-refractivity contribution is 0.176. The van der Waals surface area contributed by atoms with Gasteiger partial charge in [0, 0.05) is 30.8 Å². The Labute approximate surface area is 189 Å². The molecule has 0 radical (unpaired) electrons. The summed E-state index contributed by atoms with van der Waals surface area (Å²) in [5.41, 5.74) is 1.05. The van der Waals surface area contributed by atoms with Crippen molar-refractivity contribution in [3.8, 4) is 34.1 Å². The molecule has 10 heteroatoms. The van der Waals surface area contributed by atoms with Gasteiger partial charge in [-0.3, -0.25) is 0 Å². The third-order valence-electron chi connectivity index (χ3n) is 6.55. The number of halogens is 2. The lowest BCUT2D eigenvalue weighted by Gasteiger charge is -2.38. The molecule has 0 saturated carbocycles. The van der Waals surface area contributed by atoms with Crippen LogP contribution in [0.25, 0.3) is 22.5 Å². The van der Waals surface area contributed by atoms with E-state index in [1.54, 1.807) is 24.1 Å². The Kier molecular flexibility index (Phi) is 5.53. The van der Waals surface area contributed by atoms with E-state index in [-0.39, 0.29) is 35.1 Å². The van der Waals surface area contributed by atoms with Gasteiger partial charge >= 0.3 is 0 Å². The van der Waals surface area contributed by atoms with Crippen molar-refractivity contribution in [2.45, 2.75) is 43.6 Å². The summed E-state index contributed by atoms with van der Waals surface area (Å²) in [6.07, 6.45) is 4.15. The van der Waals surface area contributed by atoms with Crippen molar-refractivity contribution in [3.63, 3.8) is 0 Å². The van der Waals surface area contributed by atoms with Crippen molar-refractivity contribution in [1.82, 2.24) is 25.5 Å². The number of alkyl halides is 1. The number of methoxy groups -OCH3 is 1. The summed E-state index contributed by atoms with van der Waals surface area (Å²) in [7, 11) is 3.25. The van der Waals surface area contributed by atoms with E-state index in [2.05, 4.69) is 25.5 Å². The Morgan fingerprint density at radius 2 is 1.97 bits per heavy atom. The number of phenols is 1. The number of aromatic hydroxyl groups is 1. The normalized spacial score (nSPS) is 24.0. The summed E-state index contributed by atoms with van der Waals surface area (Å²) in [5.74, 6) is 0.288. The van der Waals surface area contributed by atoms with E-state index in [0.717, 1.165) is 19.0 Å². The highest BCUT2D eigenvalue weighted by molar-refractivity contribution is 5.73. The van der Waals surface area contributed by atoms with E-state index in [0.29, 0.717) is 29.4 Å². The molecule has 0 unspecified atom stereocenters. The van der Waals surface area contributed by atoms with Crippen molar-refractivity contribution in [1.29, 1.82) is 0 Å². The fraction of sp³-hybridized carbons (Fsp3) is 0.391. The van der Waals surface area contributed by atoms with Crippen LogP contribution in [0.2, 0.25) is 0 Å². The maximum atomic E-state index is 14.9. The molecule has 1 aromatic carbocycles. The maximum absolute atomic E-state index is 14.9. The number of phenolic OH excluding ortho intramolecular Hbond substituents is 1. The second-order valence-corrected chi connectivity index (χ2v) is 8.48. The molecule has 2 aromatic heterocycles. The zero-order valence-corrected chi connectivity index (χ0v) is 18.2. The molecule has 2 bridgehead atoms. The summed E-state index contributed by atoms with van der Waals surface area (Å²) in [5, 5.41) is 22.3. The fourth-order valence-corrected chi connectivity index (χ4v) is 4.71. The van der Waals surface area contributed by atoms with Gasteiger partial charge in [0.15, 0.2) is 11.6 Å². The molecule has 4 heterocycles. The van der Waals surface area contributed by atoms with Crippen LogP contribution in [0.3, 0.4) is 0 Å². The highest BCUT2D eigenvalue weighted by atomic mass is 19.1. The number of hydrogen-bond acceptors (Lipinski definition) is 8. The first-order valence-electron chi connectivity index (χ1n) is 10.8. The average Bonchev–Trinajstić information content (AvgIpc) is 3.25. The van der Waals surface area contributed by atoms with Crippen LogP contribution in [-0.2, 0) is 0 Å². The van der Waals surface area contributed by atoms with E-state index in [1.807, 2.05) is 0 Å². The molecule has 0 spiro atoms. The number of anilines is 1. The molecule has 172 valence electrons. The lowest BCUT2D eigenvalue weighted by Crippen LogP contribution is -2.55. The van der Waals surface area contributed by atoms with Gasteiger partial charge in [-0.15, -0.1) is 10.2 Å². The minimum atomic E-state index is -0.987. The molecule has 8 nitrogen and oxygen atoms in total. The van der Waals surface area contributed by atoms with Gasteiger partial charge in [0.1, 0.15) is 17.7 Å². The summed E-state index contributed by atoms with van der Waals surface area (Å²) in [4.78, 5) is 9.95. The predicted octanol–water partition coefficient (Wildman–Crippen LogP) is 3.12. The van der Waals surface area contributed by atoms with Gasteiger partial charge < -0.3 is 20.1 Å². The number of ether oxygens (including phenoxy) is 1. The number of pyridine rings is 1. The third kappa shape index (κ3) is 3.95. The number of aromatic nitrogens is 4. The third-order valence-corrected chi connectivity index (χ3v) is 6.55. The predicted molar refractivity (Wildman–Crippen MR) is 118 cm³/mol. The van der Waals surface area contributed by atoms with E-state index in [9.17, 15) is 13.9 Å². The Hall–Kier alpha value is -3.40. The molecule has 5 rings (SSSR count). The van der Waals surface area contributed by atoms with E-state index in [4.69, 9.17) is 4.74 Å². The van der Waals surface area contributed by atoms with E-state index in [1.165, 1.54) is 25.4 Å². The van der Waals surface area contributed by atoms with Gasteiger partial charge in [-0.2, -0.15) is 0 Å². The van der Waals surface area contributed by atoms with Crippen LogP contribution in [0.5, 0.6) is 11.6 Å². The Morgan fingerprint density at radius 3 is 2.70 bits per heavy atom. The zero-order chi connectivity index (χ0) is 23.1. The minimum absolute atomic E-state index is 0.114. The largest absolute Gasteiger partial charge is 0.507 e. The molecule has 2 fully saturated rings. The highest BCUT2D eigenvalue weighted by Crippen LogP contribution is 2.35. The summed E-state index contributed by atoms with van der Waals surface area (Å²) < 4.78 is 34.2.